The Morgan fingerprint density at radius 1 is 1.10 bits per heavy atom. The summed E-state index contributed by atoms with van der Waals surface area (Å²) in [5.74, 6) is -0.853. The van der Waals surface area contributed by atoms with Crippen molar-refractivity contribution in [3.8, 4) is 17.2 Å². The predicted octanol–water partition coefficient (Wildman–Crippen LogP) is 4.89. The van der Waals surface area contributed by atoms with Gasteiger partial charge in [-0.3, -0.25) is 4.90 Å². The number of benzene rings is 2. The van der Waals surface area contributed by atoms with Crippen molar-refractivity contribution in [2.75, 3.05) is 14.2 Å². The van der Waals surface area contributed by atoms with Crippen LogP contribution in [0.1, 0.15) is 30.5 Å². The Morgan fingerprint density at radius 3 is 2.26 bits per heavy atom. The number of hydrogen-bond donors (Lipinski definition) is 0. The van der Waals surface area contributed by atoms with Crippen molar-refractivity contribution in [3.05, 3.63) is 53.3 Å². The number of nitrogens with zero attached hydrogens (tertiary/aromatic N) is 1. The van der Waals surface area contributed by atoms with Crippen molar-refractivity contribution in [1.29, 1.82) is 0 Å². The lowest BCUT2D eigenvalue weighted by Crippen LogP contribution is -2.34. The van der Waals surface area contributed by atoms with E-state index in [4.69, 9.17) is 9.47 Å². The van der Waals surface area contributed by atoms with Crippen molar-refractivity contribution in [2.45, 2.75) is 38.3 Å². The van der Waals surface area contributed by atoms with E-state index in [0.29, 0.717) is 23.5 Å². The van der Waals surface area contributed by atoms with Gasteiger partial charge in [0.1, 0.15) is 17.8 Å². The third kappa shape index (κ3) is 4.92. The smallest absolute Gasteiger partial charge is 0.496 e. The van der Waals surface area contributed by atoms with Gasteiger partial charge in [0.2, 0.25) is 0 Å². The standard InChI is InChI=1S/C22H23F4NO4/c1-13-9-16(21-19(29-2)5-4-6-20(21)30-3)27(17(13)12-28)11-14-7-8-18(15(23)10-14)31-22(24,25)26/h4-8,10,12-13,16-17H,9,11H2,1-3H3. The first kappa shape index (κ1) is 22.9. The summed E-state index contributed by atoms with van der Waals surface area (Å²) < 4.78 is 66.2. The first-order valence-electron chi connectivity index (χ1n) is 9.64. The summed E-state index contributed by atoms with van der Waals surface area (Å²) in [4.78, 5) is 13.7. The zero-order chi connectivity index (χ0) is 22.8. The molecule has 9 heteroatoms. The molecule has 1 fully saturated rings. The highest BCUT2D eigenvalue weighted by molar-refractivity contribution is 5.60. The quantitative estimate of drug-likeness (QED) is 0.452. The number of hydrogen-bond acceptors (Lipinski definition) is 5. The van der Waals surface area contributed by atoms with Gasteiger partial charge in [-0.15, -0.1) is 13.2 Å². The maximum atomic E-state index is 14.2. The second-order valence-electron chi connectivity index (χ2n) is 7.42. The molecule has 31 heavy (non-hydrogen) atoms. The van der Waals surface area contributed by atoms with Gasteiger partial charge in [-0.1, -0.05) is 19.1 Å². The van der Waals surface area contributed by atoms with E-state index in [2.05, 4.69) is 4.74 Å². The molecule has 3 atom stereocenters. The van der Waals surface area contributed by atoms with Gasteiger partial charge in [0.05, 0.1) is 25.8 Å². The van der Waals surface area contributed by atoms with Crippen LogP contribution in [0.3, 0.4) is 0 Å². The molecule has 168 valence electrons. The van der Waals surface area contributed by atoms with Crippen molar-refractivity contribution in [1.82, 2.24) is 4.90 Å². The van der Waals surface area contributed by atoms with E-state index in [1.165, 1.54) is 20.3 Å². The lowest BCUT2D eigenvalue weighted by atomic mass is 9.97. The molecule has 0 aromatic heterocycles. The number of carbonyl (C=O) groups is 1. The van der Waals surface area contributed by atoms with Gasteiger partial charge in [-0.25, -0.2) is 4.39 Å². The summed E-state index contributed by atoms with van der Waals surface area (Å²) >= 11 is 0. The van der Waals surface area contributed by atoms with E-state index in [9.17, 15) is 22.4 Å². The topological polar surface area (TPSA) is 48.0 Å². The molecule has 0 aliphatic carbocycles. The minimum atomic E-state index is -4.99. The summed E-state index contributed by atoms with van der Waals surface area (Å²) in [6.45, 7) is 2.08. The maximum absolute atomic E-state index is 14.2. The Bertz CT molecular complexity index is 912. The lowest BCUT2D eigenvalue weighted by molar-refractivity contribution is -0.275. The Balaban J connectivity index is 1.96. The van der Waals surface area contributed by atoms with Crippen LogP contribution in [0.4, 0.5) is 17.6 Å². The molecule has 5 nitrogen and oxygen atoms in total. The number of likely N-dealkylation sites (tertiary alicyclic amines) is 1. The molecule has 1 aliphatic heterocycles. The van der Waals surface area contributed by atoms with Crippen LogP contribution in [0.5, 0.6) is 17.2 Å². The highest BCUT2D eigenvalue weighted by Crippen LogP contribution is 2.47. The van der Waals surface area contributed by atoms with Gasteiger partial charge in [-0.05, 0) is 42.2 Å². The van der Waals surface area contributed by atoms with E-state index in [0.717, 1.165) is 24.0 Å². The average Bonchev–Trinajstić information content (AvgIpc) is 3.02. The second kappa shape index (κ2) is 9.13. The van der Waals surface area contributed by atoms with Crippen LogP contribution in [0.2, 0.25) is 0 Å². The van der Waals surface area contributed by atoms with E-state index in [-0.39, 0.29) is 18.5 Å². The van der Waals surface area contributed by atoms with Crippen LogP contribution < -0.4 is 14.2 Å². The van der Waals surface area contributed by atoms with Crippen LogP contribution in [-0.4, -0.2) is 37.8 Å². The molecule has 1 saturated heterocycles. The molecule has 0 amide bonds. The first-order chi connectivity index (χ1) is 14.7. The summed E-state index contributed by atoms with van der Waals surface area (Å²) in [5.41, 5.74) is 1.17. The van der Waals surface area contributed by atoms with Crippen LogP contribution in [0.25, 0.3) is 0 Å². The monoisotopic (exact) mass is 441 g/mol. The summed E-state index contributed by atoms with van der Waals surface area (Å²) in [6, 6.07) is 7.91. The normalized spacial score (nSPS) is 21.7. The maximum Gasteiger partial charge on any atom is 0.573 e. The molecule has 2 aromatic rings. The summed E-state index contributed by atoms with van der Waals surface area (Å²) in [5, 5.41) is 0. The molecule has 3 unspecified atom stereocenters. The number of methoxy groups -OCH3 is 2. The third-order valence-corrected chi connectivity index (χ3v) is 5.49. The number of ether oxygens (including phenoxy) is 3. The fourth-order valence-electron chi connectivity index (χ4n) is 4.14. The van der Waals surface area contributed by atoms with Crippen LogP contribution >= 0.6 is 0 Å². The van der Waals surface area contributed by atoms with E-state index in [1.807, 2.05) is 11.8 Å². The van der Waals surface area contributed by atoms with Crippen molar-refractivity contribution >= 4 is 6.29 Å². The Kier molecular flexibility index (Phi) is 6.74. The second-order valence-corrected chi connectivity index (χ2v) is 7.42. The summed E-state index contributed by atoms with van der Waals surface area (Å²) in [7, 11) is 3.07. The van der Waals surface area contributed by atoms with E-state index in [1.54, 1.807) is 18.2 Å². The molecule has 1 aliphatic rings. The Morgan fingerprint density at radius 2 is 1.74 bits per heavy atom. The van der Waals surface area contributed by atoms with Crippen molar-refractivity contribution in [3.63, 3.8) is 0 Å². The van der Waals surface area contributed by atoms with Gasteiger partial charge in [-0.2, -0.15) is 0 Å². The molecule has 2 aromatic carbocycles. The highest BCUT2D eigenvalue weighted by atomic mass is 19.4. The van der Waals surface area contributed by atoms with Gasteiger partial charge in [0, 0.05) is 12.6 Å². The molecule has 1 heterocycles. The zero-order valence-electron chi connectivity index (χ0n) is 17.3. The van der Waals surface area contributed by atoms with Gasteiger partial charge in [0.25, 0.3) is 0 Å². The molecule has 0 saturated carbocycles. The molecular weight excluding hydrogens is 418 g/mol. The fraction of sp³-hybridized carbons (Fsp3) is 0.409. The van der Waals surface area contributed by atoms with Crippen LogP contribution in [0.15, 0.2) is 36.4 Å². The zero-order valence-corrected chi connectivity index (χ0v) is 17.3. The van der Waals surface area contributed by atoms with Crippen molar-refractivity contribution < 1.29 is 36.6 Å². The van der Waals surface area contributed by atoms with E-state index >= 15 is 0 Å². The third-order valence-electron chi connectivity index (χ3n) is 5.49. The number of carbonyl (C=O) groups excluding carboxylic acids is 1. The SMILES string of the molecule is COc1cccc(OC)c1C1CC(C)C(C=O)N1Cc1ccc(OC(F)(F)F)c(F)c1. The largest absolute Gasteiger partial charge is 0.573 e. The van der Waals surface area contributed by atoms with Crippen LogP contribution in [-0.2, 0) is 11.3 Å². The molecule has 3 rings (SSSR count). The van der Waals surface area contributed by atoms with Gasteiger partial charge < -0.3 is 19.0 Å². The lowest BCUT2D eigenvalue weighted by Gasteiger charge is -2.30. The molecular formula is C22H23F4NO4. The average molecular weight is 441 g/mol. The molecule has 0 bridgehead atoms. The summed E-state index contributed by atoms with van der Waals surface area (Å²) in [6.07, 6.45) is -3.52. The predicted molar refractivity (Wildman–Crippen MR) is 105 cm³/mol. The van der Waals surface area contributed by atoms with Gasteiger partial charge >= 0.3 is 6.36 Å². The van der Waals surface area contributed by atoms with Gasteiger partial charge in [0.15, 0.2) is 11.6 Å². The molecule has 0 N–H and O–H groups in total. The van der Waals surface area contributed by atoms with Crippen LogP contribution in [0, 0.1) is 11.7 Å². The minimum absolute atomic E-state index is 0.00481. The Labute approximate surface area is 177 Å². The Hall–Kier alpha value is -2.81. The molecule has 0 radical (unpaired) electrons. The fourth-order valence-corrected chi connectivity index (χ4v) is 4.14. The number of rotatable bonds is 7. The number of aldehydes is 1. The first-order valence-corrected chi connectivity index (χ1v) is 9.64. The molecule has 0 spiro atoms. The minimum Gasteiger partial charge on any atom is -0.496 e. The van der Waals surface area contributed by atoms with E-state index < -0.39 is 24.0 Å². The number of alkyl halides is 3. The number of halogens is 4. The van der Waals surface area contributed by atoms with Crippen molar-refractivity contribution in [2.24, 2.45) is 5.92 Å². The highest BCUT2D eigenvalue weighted by Gasteiger charge is 2.42.